The summed E-state index contributed by atoms with van der Waals surface area (Å²) in [5.74, 6) is -0.0951. The third-order valence-electron chi connectivity index (χ3n) is 2.91. The first kappa shape index (κ1) is 15.1. The lowest BCUT2D eigenvalue weighted by atomic mass is 10.2. The average Bonchev–Trinajstić information content (AvgIpc) is 2.46. The minimum atomic E-state index is -0.664. The summed E-state index contributed by atoms with van der Waals surface area (Å²) >= 11 is 6.09. The third-order valence-corrected chi connectivity index (χ3v) is 3.26. The molecule has 0 heterocycles. The third kappa shape index (κ3) is 3.41. The highest BCUT2D eigenvalue weighted by molar-refractivity contribution is 6.31. The van der Waals surface area contributed by atoms with Gasteiger partial charge in [0.1, 0.15) is 17.3 Å². The molecule has 21 heavy (non-hydrogen) atoms. The van der Waals surface area contributed by atoms with E-state index in [4.69, 9.17) is 16.3 Å². The Hall–Kier alpha value is -2.34. The van der Waals surface area contributed by atoms with Crippen LogP contribution in [0.5, 0.6) is 5.75 Å². The van der Waals surface area contributed by atoms with Gasteiger partial charge in [-0.1, -0.05) is 17.7 Å². The van der Waals surface area contributed by atoms with Gasteiger partial charge in [-0.05, 0) is 24.3 Å². The topological polar surface area (TPSA) is 64.4 Å². The van der Waals surface area contributed by atoms with Gasteiger partial charge in [0.15, 0.2) is 0 Å². The Balaban J connectivity index is 2.27. The molecule has 0 aromatic heterocycles. The second-order valence-corrected chi connectivity index (χ2v) is 4.60. The maximum absolute atomic E-state index is 13.1. The van der Waals surface area contributed by atoms with Crippen molar-refractivity contribution in [3.63, 3.8) is 0 Å². The van der Waals surface area contributed by atoms with Crippen LogP contribution in [0.3, 0.4) is 0 Å². The number of anilines is 1. The monoisotopic (exact) mass is 310 g/mol. The van der Waals surface area contributed by atoms with Crippen molar-refractivity contribution in [3.05, 3.63) is 62.9 Å². The standard InChI is InChI=1S/C14H12ClFN2O3/c1-21-14-4-2-3-11(15)10(14)8-17-12-6-5-9(16)7-13(12)18(19)20/h2-7,17H,8H2,1H3. The Labute approximate surface area is 125 Å². The van der Waals surface area contributed by atoms with E-state index in [2.05, 4.69) is 5.32 Å². The summed E-state index contributed by atoms with van der Waals surface area (Å²) in [5.41, 5.74) is 0.546. The average molecular weight is 311 g/mol. The van der Waals surface area contributed by atoms with E-state index < -0.39 is 10.7 Å². The number of halogens is 2. The summed E-state index contributed by atoms with van der Waals surface area (Å²) in [6.45, 7) is 0.218. The Morgan fingerprint density at radius 2 is 2.14 bits per heavy atom. The fraction of sp³-hybridized carbons (Fsp3) is 0.143. The summed E-state index contributed by atoms with van der Waals surface area (Å²) in [7, 11) is 1.51. The van der Waals surface area contributed by atoms with Crippen molar-refractivity contribution in [1.29, 1.82) is 0 Å². The zero-order valence-corrected chi connectivity index (χ0v) is 11.9. The molecule has 0 radical (unpaired) electrons. The maximum atomic E-state index is 13.1. The second kappa shape index (κ2) is 6.41. The van der Waals surface area contributed by atoms with E-state index in [0.717, 1.165) is 12.1 Å². The van der Waals surface area contributed by atoms with E-state index in [9.17, 15) is 14.5 Å². The van der Waals surface area contributed by atoms with Crippen molar-refractivity contribution in [1.82, 2.24) is 0 Å². The maximum Gasteiger partial charge on any atom is 0.295 e. The molecule has 7 heteroatoms. The van der Waals surface area contributed by atoms with Gasteiger partial charge in [0.2, 0.25) is 0 Å². The molecule has 0 unspecified atom stereocenters. The second-order valence-electron chi connectivity index (χ2n) is 4.19. The fourth-order valence-electron chi connectivity index (χ4n) is 1.89. The summed E-state index contributed by atoms with van der Waals surface area (Å²) in [4.78, 5) is 10.3. The Kier molecular flexibility index (Phi) is 4.59. The van der Waals surface area contributed by atoms with Gasteiger partial charge < -0.3 is 10.1 Å². The molecule has 0 saturated carbocycles. The first-order valence-corrected chi connectivity index (χ1v) is 6.40. The van der Waals surface area contributed by atoms with Crippen LogP contribution < -0.4 is 10.1 Å². The Morgan fingerprint density at radius 3 is 2.81 bits per heavy atom. The van der Waals surface area contributed by atoms with Crippen molar-refractivity contribution in [2.24, 2.45) is 0 Å². The summed E-state index contributed by atoms with van der Waals surface area (Å²) in [6.07, 6.45) is 0. The first-order chi connectivity index (χ1) is 10.0. The zero-order valence-electron chi connectivity index (χ0n) is 11.1. The molecule has 0 aliphatic rings. The largest absolute Gasteiger partial charge is 0.496 e. The van der Waals surface area contributed by atoms with Gasteiger partial charge >= 0.3 is 0 Å². The van der Waals surface area contributed by atoms with E-state index in [0.29, 0.717) is 16.3 Å². The van der Waals surface area contributed by atoms with Gasteiger partial charge in [0.05, 0.1) is 18.1 Å². The molecule has 0 amide bonds. The van der Waals surface area contributed by atoms with E-state index >= 15 is 0 Å². The molecule has 2 aromatic carbocycles. The van der Waals surface area contributed by atoms with Crippen LogP contribution in [0.25, 0.3) is 0 Å². The lowest BCUT2D eigenvalue weighted by Crippen LogP contribution is -2.05. The van der Waals surface area contributed by atoms with Crippen LogP contribution in [-0.2, 0) is 6.54 Å². The van der Waals surface area contributed by atoms with Gasteiger partial charge in [-0.3, -0.25) is 10.1 Å². The van der Waals surface area contributed by atoms with Crippen LogP contribution in [0, 0.1) is 15.9 Å². The van der Waals surface area contributed by atoms with Crippen LogP contribution in [0.4, 0.5) is 15.8 Å². The normalized spacial score (nSPS) is 10.2. The van der Waals surface area contributed by atoms with Gasteiger partial charge in [0, 0.05) is 17.1 Å². The molecule has 0 aliphatic carbocycles. The number of hydrogen-bond acceptors (Lipinski definition) is 4. The van der Waals surface area contributed by atoms with E-state index in [1.807, 2.05) is 0 Å². The number of nitro groups is 1. The number of rotatable bonds is 5. The van der Waals surface area contributed by atoms with Crippen molar-refractivity contribution in [3.8, 4) is 5.75 Å². The minimum Gasteiger partial charge on any atom is -0.496 e. The predicted octanol–water partition coefficient (Wildman–Crippen LogP) is 4.01. The lowest BCUT2D eigenvalue weighted by molar-refractivity contribution is -0.384. The number of nitrogens with zero attached hydrogens (tertiary/aromatic N) is 1. The molecule has 0 fully saturated rings. The van der Waals surface area contributed by atoms with Gasteiger partial charge in [-0.15, -0.1) is 0 Å². The van der Waals surface area contributed by atoms with Gasteiger partial charge in [-0.25, -0.2) is 4.39 Å². The number of nitro benzene ring substituents is 1. The van der Waals surface area contributed by atoms with E-state index in [1.54, 1.807) is 18.2 Å². The number of hydrogen-bond donors (Lipinski definition) is 1. The van der Waals surface area contributed by atoms with Crippen LogP contribution in [0.1, 0.15) is 5.56 Å². The molecule has 2 rings (SSSR count). The summed E-state index contributed by atoms with van der Waals surface area (Å²) < 4.78 is 18.3. The highest BCUT2D eigenvalue weighted by atomic mass is 35.5. The predicted molar refractivity (Wildman–Crippen MR) is 78.4 cm³/mol. The smallest absolute Gasteiger partial charge is 0.295 e. The number of nitrogens with one attached hydrogen (secondary N) is 1. The highest BCUT2D eigenvalue weighted by Crippen LogP contribution is 2.30. The molecule has 0 atom stereocenters. The molecule has 2 aromatic rings. The van der Waals surface area contributed by atoms with Crippen LogP contribution >= 0.6 is 11.6 Å². The lowest BCUT2D eigenvalue weighted by Gasteiger charge is -2.12. The molecule has 0 aliphatic heterocycles. The van der Waals surface area contributed by atoms with Gasteiger partial charge in [0.25, 0.3) is 5.69 Å². The van der Waals surface area contributed by atoms with Crippen molar-refractivity contribution in [2.75, 3.05) is 12.4 Å². The quantitative estimate of drug-likeness (QED) is 0.669. The Bertz CT molecular complexity index is 679. The summed E-state index contributed by atoms with van der Waals surface area (Å²) in [5, 5.41) is 14.3. The van der Waals surface area contributed by atoms with Crippen LogP contribution in [0.15, 0.2) is 36.4 Å². The highest BCUT2D eigenvalue weighted by Gasteiger charge is 2.16. The summed E-state index contributed by atoms with van der Waals surface area (Å²) in [6, 6.07) is 8.51. The molecule has 0 spiro atoms. The first-order valence-electron chi connectivity index (χ1n) is 6.02. The van der Waals surface area contributed by atoms with Crippen LogP contribution in [-0.4, -0.2) is 12.0 Å². The van der Waals surface area contributed by atoms with Crippen molar-refractivity contribution < 1.29 is 14.1 Å². The van der Waals surface area contributed by atoms with Crippen molar-refractivity contribution >= 4 is 23.0 Å². The number of ether oxygens (including phenoxy) is 1. The van der Waals surface area contributed by atoms with E-state index in [-0.39, 0.29) is 17.9 Å². The van der Waals surface area contributed by atoms with E-state index in [1.165, 1.54) is 13.2 Å². The van der Waals surface area contributed by atoms with Crippen molar-refractivity contribution in [2.45, 2.75) is 6.54 Å². The molecule has 1 N–H and O–H groups in total. The molecule has 110 valence electrons. The van der Waals surface area contributed by atoms with Crippen LogP contribution in [0.2, 0.25) is 5.02 Å². The molecule has 5 nitrogen and oxygen atoms in total. The Morgan fingerprint density at radius 1 is 1.38 bits per heavy atom. The molecule has 0 saturated heterocycles. The van der Waals surface area contributed by atoms with Gasteiger partial charge in [-0.2, -0.15) is 0 Å². The minimum absolute atomic E-state index is 0.211. The number of benzene rings is 2. The molecule has 0 bridgehead atoms. The number of methoxy groups -OCH3 is 1. The molecular formula is C14H12ClFN2O3. The zero-order chi connectivity index (χ0) is 15.4. The fourth-order valence-corrected chi connectivity index (χ4v) is 2.12. The SMILES string of the molecule is COc1cccc(Cl)c1CNc1ccc(F)cc1[N+](=O)[O-]. The molecular weight excluding hydrogens is 299 g/mol.